The van der Waals surface area contributed by atoms with Crippen molar-refractivity contribution in [2.24, 2.45) is 0 Å². The molecule has 0 spiro atoms. The molecule has 0 aromatic heterocycles. The van der Waals surface area contributed by atoms with Crippen molar-refractivity contribution in [2.45, 2.75) is 20.3 Å². The van der Waals surface area contributed by atoms with Gasteiger partial charge in [-0.05, 0) is 30.5 Å². The molecule has 0 aliphatic rings. The third-order valence-corrected chi connectivity index (χ3v) is 4.67. The maximum atomic E-state index is 12.3. The normalized spacial score (nSPS) is 11.2. The van der Waals surface area contributed by atoms with E-state index in [0.29, 0.717) is 18.1 Å². The number of benzene rings is 2. The number of hydrogen-bond donors (Lipinski definition) is 0. The Morgan fingerprint density at radius 1 is 0.950 bits per heavy atom. The number of aryl methyl sites for hydroxylation is 3. The van der Waals surface area contributed by atoms with Gasteiger partial charge in [0.05, 0.1) is 5.56 Å². The summed E-state index contributed by atoms with van der Waals surface area (Å²) in [6.07, 6.45) is 1.08. The van der Waals surface area contributed by atoms with E-state index in [9.17, 15) is 9.36 Å². The molecule has 102 valence electrons. The SMILES string of the molecule is Cc1cccc(C)c1C(=O)[P+](=O)CCc1ccccc1. The van der Waals surface area contributed by atoms with Crippen LogP contribution in [-0.2, 0) is 11.0 Å². The highest BCUT2D eigenvalue weighted by Gasteiger charge is 2.31. The predicted molar refractivity (Wildman–Crippen MR) is 82.9 cm³/mol. The van der Waals surface area contributed by atoms with Gasteiger partial charge in [-0.2, -0.15) is 0 Å². The molecule has 0 radical (unpaired) electrons. The zero-order valence-corrected chi connectivity index (χ0v) is 12.7. The van der Waals surface area contributed by atoms with Gasteiger partial charge in [-0.15, -0.1) is 0 Å². The second kappa shape index (κ2) is 6.58. The van der Waals surface area contributed by atoms with E-state index in [2.05, 4.69) is 0 Å². The van der Waals surface area contributed by atoms with E-state index < -0.39 is 7.80 Å². The molecule has 1 unspecified atom stereocenters. The molecule has 0 N–H and O–H groups in total. The minimum Gasteiger partial charge on any atom is -0.234 e. The molecule has 0 saturated heterocycles. The van der Waals surface area contributed by atoms with Gasteiger partial charge in [0.15, 0.2) is 6.16 Å². The summed E-state index contributed by atoms with van der Waals surface area (Å²) in [6.45, 7) is 3.78. The van der Waals surface area contributed by atoms with Crippen LogP contribution >= 0.6 is 7.80 Å². The number of carbonyl (C=O) groups is 1. The van der Waals surface area contributed by atoms with Crippen molar-refractivity contribution in [1.29, 1.82) is 0 Å². The summed E-state index contributed by atoms with van der Waals surface area (Å²) >= 11 is 0. The van der Waals surface area contributed by atoms with Gasteiger partial charge in [-0.3, -0.25) is 0 Å². The Morgan fingerprint density at radius 2 is 1.55 bits per heavy atom. The molecule has 0 aliphatic carbocycles. The van der Waals surface area contributed by atoms with Crippen LogP contribution < -0.4 is 0 Å². The van der Waals surface area contributed by atoms with Crippen LogP contribution in [0.15, 0.2) is 48.5 Å². The lowest BCUT2D eigenvalue weighted by Gasteiger charge is -2.02. The molecule has 1 atom stereocenters. The smallest absolute Gasteiger partial charge is 0.234 e. The van der Waals surface area contributed by atoms with E-state index in [0.717, 1.165) is 16.7 Å². The lowest BCUT2D eigenvalue weighted by Crippen LogP contribution is -2.02. The summed E-state index contributed by atoms with van der Waals surface area (Å²) in [6, 6.07) is 15.5. The zero-order chi connectivity index (χ0) is 14.5. The van der Waals surface area contributed by atoms with Gasteiger partial charge >= 0.3 is 13.3 Å². The van der Waals surface area contributed by atoms with Crippen LogP contribution in [0.3, 0.4) is 0 Å². The summed E-state index contributed by atoms with van der Waals surface area (Å²) in [5.41, 5.74) is 3.33. The van der Waals surface area contributed by atoms with Gasteiger partial charge in [-0.25, -0.2) is 4.79 Å². The highest BCUT2D eigenvalue weighted by molar-refractivity contribution is 7.64. The van der Waals surface area contributed by atoms with E-state index in [1.165, 1.54) is 0 Å². The average Bonchev–Trinajstić information content (AvgIpc) is 2.45. The molecule has 2 nitrogen and oxygen atoms in total. The molecule has 0 bridgehead atoms. The van der Waals surface area contributed by atoms with Crippen LogP contribution in [0, 0.1) is 13.8 Å². The zero-order valence-electron chi connectivity index (χ0n) is 11.8. The van der Waals surface area contributed by atoms with Gasteiger partial charge in [0.25, 0.3) is 0 Å². The minimum atomic E-state index is -1.86. The fraction of sp³-hybridized carbons (Fsp3) is 0.235. The van der Waals surface area contributed by atoms with Crippen molar-refractivity contribution in [3.05, 3.63) is 70.8 Å². The molecule has 0 aliphatic heterocycles. The number of hydrogen-bond acceptors (Lipinski definition) is 2. The Hall–Kier alpha value is -1.79. The molecule has 2 aromatic carbocycles. The third-order valence-electron chi connectivity index (χ3n) is 3.37. The largest absolute Gasteiger partial charge is 0.420 e. The van der Waals surface area contributed by atoms with E-state index in [-0.39, 0.29) is 5.52 Å². The quantitative estimate of drug-likeness (QED) is 0.757. The van der Waals surface area contributed by atoms with Crippen LogP contribution in [0.1, 0.15) is 27.0 Å². The van der Waals surface area contributed by atoms with Gasteiger partial charge in [0, 0.05) is 6.42 Å². The number of carbonyl (C=O) groups excluding carboxylic acids is 1. The Balaban J connectivity index is 2.08. The Morgan fingerprint density at radius 3 is 2.15 bits per heavy atom. The summed E-state index contributed by atoms with van der Waals surface area (Å²) in [5, 5.41) is 0. The topological polar surface area (TPSA) is 34.1 Å². The third kappa shape index (κ3) is 3.40. The highest BCUT2D eigenvalue weighted by Crippen LogP contribution is 2.30. The fourth-order valence-corrected chi connectivity index (χ4v) is 3.52. The average molecular weight is 285 g/mol. The molecule has 0 heterocycles. The molecule has 2 aromatic rings. The number of rotatable bonds is 5. The molecular formula is C17H18O2P+. The van der Waals surface area contributed by atoms with Gasteiger partial charge in [-0.1, -0.05) is 53.1 Å². The monoisotopic (exact) mass is 285 g/mol. The standard InChI is InChI=1S/C17H18O2P/c1-13-7-6-8-14(2)16(13)17(18)20(19)12-11-15-9-4-3-5-10-15/h3-10H,11-12H2,1-2H3/q+1. The lowest BCUT2D eigenvalue weighted by atomic mass is 10.0. The molecule has 3 heteroatoms. The highest BCUT2D eigenvalue weighted by atomic mass is 31.1. The summed E-state index contributed by atoms with van der Waals surface area (Å²) in [7, 11) is -1.86. The minimum absolute atomic E-state index is 0.216. The van der Waals surface area contributed by atoms with Crippen molar-refractivity contribution in [3.63, 3.8) is 0 Å². The first kappa shape index (κ1) is 14.6. The molecule has 0 fully saturated rings. The van der Waals surface area contributed by atoms with Crippen molar-refractivity contribution in [2.75, 3.05) is 6.16 Å². The van der Waals surface area contributed by atoms with E-state index >= 15 is 0 Å². The van der Waals surface area contributed by atoms with Crippen LogP contribution in [0.25, 0.3) is 0 Å². The van der Waals surface area contributed by atoms with E-state index in [4.69, 9.17) is 0 Å². The van der Waals surface area contributed by atoms with Crippen molar-refractivity contribution in [3.8, 4) is 0 Å². The summed E-state index contributed by atoms with van der Waals surface area (Å²) in [5.74, 6) is 0. The van der Waals surface area contributed by atoms with E-state index in [1.54, 1.807) is 0 Å². The molecule has 0 amide bonds. The van der Waals surface area contributed by atoms with Crippen LogP contribution in [-0.4, -0.2) is 11.7 Å². The fourth-order valence-electron chi connectivity index (χ4n) is 2.25. The van der Waals surface area contributed by atoms with Gasteiger partial charge in [0.1, 0.15) is 0 Å². The van der Waals surface area contributed by atoms with Crippen molar-refractivity contribution < 1.29 is 9.36 Å². The Bertz CT molecular complexity index is 612. The maximum Gasteiger partial charge on any atom is 0.420 e. The van der Waals surface area contributed by atoms with E-state index in [1.807, 2.05) is 62.4 Å². The van der Waals surface area contributed by atoms with Crippen LogP contribution in [0.4, 0.5) is 0 Å². The first-order valence-corrected chi connectivity index (χ1v) is 8.13. The van der Waals surface area contributed by atoms with Crippen molar-refractivity contribution >= 4 is 13.3 Å². The molecule has 20 heavy (non-hydrogen) atoms. The Labute approximate surface area is 120 Å². The van der Waals surface area contributed by atoms with Crippen LogP contribution in [0.2, 0.25) is 0 Å². The maximum absolute atomic E-state index is 12.3. The predicted octanol–water partition coefficient (Wildman–Crippen LogP) is 4.51. The Kier molecular flexibility index (Phi) is 4.81. The second-order valence-electron chi connectivity index (χ2n) is 4.91. The van der Waals surface area contributed by atoms with Gasteiger partial charge in [0.2, 0.25) is 0 Å². The van der Waals surface area contributed by atoms with Crippen molar-refractivity contribution in [1.82, 2.24) is 0 Å². The molecule has 0 saturated carbocycles. The van der Waals surface area contributed by atoms with Gasteiger partial charge < -0.3 is 0 Å². The molecule has 2 rings (SSSR count). The van der Waals surface area contributed by atoms with Crippen LogP contribution in [0.5, 0.6) is 0 Å². The first-order chi connectivity index (χ1) is 9.59. The first-order valence-electron chi connectivity index (χ1n) is 6.68. The lowest BCUT2D eigenvalue weighted by molar-refractivity contribution is 0.107. The summed E-state index contributed by atoms with van der Waals surface area (Å²) < 4.78 is 12.2. The summed E-state index contributed by atoms with van der Waals surface area (Å²) in [4.78, 5) is 12.3. The second-order valence-corrected chi connectivity index (χ2v) is 6.52. The molecular weight excluding hydrogens is 267 g/mol.